The maximum Gasteiger partial charge on any atom is 0.332 e. The monoisotopic (exact) mass is 710 g/mol. The molecule has 3 N–H and O–H groups in total. The highest BCUT2D eigenvalue weighted by molar-refractivity contribution is 5.81. The van der Waals surface area contributed by atoms with Gasteiger partial charge in [-0.05, 0) is 24.3 Å². The number of esters is 3. The SMILES string of the molecule is C=CC(=O)OC(O)c1ccccc1.C=CC(=O)OCC(O)COc1ccccc1.C=CC(=O)OCC(O)COc1ccccc1.CCC.CCC. The zero-order valence-electron chi connectivity index (χ0n) is 30.1. The molecule has 51 heavy (non-hydrogen) atoms. The topological polar surface area (TPSA) is 158 Å². The van der Waals surface area contributed by atoms with Crippen molar-refractivity contribution < 1.29 is 53.4 Å². The van der Waals surface area contributed by atoms with Crippen molar-refractivity contribution in [1.82, 2.24) is 0 Å². The third-order valence-corrected chi connectivity index (χ3v) is 5.02. The molecule has 11 nitrogen and oxygen atoms in total. The van der Waals surface area contributed by atoms with E-state index in [0.717, 1.165) is 18.2 Å². The number of benzene rings is 3. The quantitative estimate of drug-likeness (QED) is 0.0680. The van der Waals surface area contributed by atoms with Gasteiger partial charge in [0.15, 0.2) is 0 Å². The van der Waals surface area contributed by atoms with Crippen molar-refractivity contribution in [3.63, 3.8) is 0 Å². The molecule has 0 fully saturated rings. The molecular formula is C40H54O11. The van der Waals surface area contributed by atoms with Crippen molar-refractivity contribution in [2.45, 2.75) is 59.0 Å². The molecular weight excluding hydrogens is 656 g/mol. The van der Waals surface area contributed by atoms with Crippen molar-refractivity contribution in [3.05, 3.63) is 135 Å². The summed E-state index contributed by atoms with van der Waals surface area (Å²) in [6, 6.07) is 26.8. The van der Waals surface area contributed by atoms with Gasteiger partial charge in [-0.1, -0.05) is 127 Å². The van der Waals surface area contributed by atoms with Gasteiger partial charge in [0.2, 0.25) is 6.29 Å². The molecule has 0 amide bonds. The number of carbonyl (C=O) groups is 3. The first-order chi connectivity index (χ1) is 24.5. The van der Waals surface area contributed by atoms with E-state index < -0.39 is 36.4 Å². The van der Waals surface area contributed by atoms with Crippen LogP contribution >= 0.6 is 0 Å². The van der Waals surface area contributed by atoms with Crippen LogP contribution in [-0.4, -0.2) is 71.9 Å². The first-order valence-corrected chi connectivity index (χ1v) is 16.4. The summed E-state index contributed by atoms with van der Waals surface area (Å²) >= 11 is 0. The predicted octanol–water partition coefficient (Wildman–Crippen LogP) is 6.55. The predicted molar refractivity (Wildman–Crippen MR) is 198 cm³/mol. The number of para-hydroxylation sites is 2. The summed E-state index contributed by atoms with van der Waals surface area (Å²) in [5.41, 5.74) is 0.540. The van der Waals surface area contributed by atoms with E-state index in [1.54, 1.807) is 48.5 Å². The third kappa shape index (κ3) is 29.4. The first kappa shape index (κ1) is 47.9. The second-order valence-electron chi connectivity index (χ2n) is 10.0. The highest BCUT2D eigenvalue weighted by Crippen LogP contribution is 2.13. The molecule has 0 saturated heterocycles. The Kier molecular flexibility index (Phi) is 31.2. The standard InChI is InChI=1S/2C12H14O4.C10H10O3.2C3H8/c2*1-2-12(14)16-9-10(13)8-15-11-6-4-3-5-7-11;1-2-9(11)13-10(12)8-6-4-3-5-7-8;2*1-3-2/h2*2-7,10,13H,1,8-9H2;2-7,10,12H,1H2;2*3H2,1-2H3. The van der Waals surface area contributed by atoms with E-state index in [9.17, 15) is 29.7 Å². The van der Waals surface area contributed by atoms with Gasteiger partial charge in [-0.3, -0.25) is 0 Å². The Hall–Kier alpha value is -5.23. The van der Waals surface area contributed by atoms with Gasteiger partial charge < -0.3 is 39.0 Å². The average molecular weight is 711 g/mol. The number of aliphatic hydroxyl groups is 3. The van der Waals surface area contributed by atoms with E-state index in [2.05, 4.69) is 61.6 Å². The molecule has 0 heterocycles. The normalized spacial score (nSPS) is 11.0. The Labute approximate surface area is 302 Å². The molecule has 11 heteroatoms. The van der Waals surface area contributed by atoms with Gasteiger partial charge in [0, 0.05) is 23.8 Å². The Bertz CT molecular complexity index is 1240. The van der Waals surface area contributed by atoms with E-state index in [0.29, 0.717) is 17.1 Å². The molecule has 0 aliphatic carbocycles. The van der Waals surface area contributed by atoms with E-state index in [1.165, 1.54) is 12.8 Å². The molecule has 3 aromatic rings. The van der Waals surface area contributed by atoms with Crippen molar-refractivity contribution in [2.75, 3.05) is 26.4 Å². The molecule has 0 aliphatic rings. The zero-order valence-corrected chi connectivity index (χ0v) is 30.1. The van der Waals surface area contributed by atoms with Gasteiger partial charge in [-0.2, -0.15) is 0 Å². The van der Waals surface area contributed by atoms with E-state index in [4.69, 9.17) is 9.47 Å². The summed E-state index contributed by atoms with van der Waals surface area (Å²) in [4.78, 5) is 32.1. The number of ether oxygens (including phenoxy) is 5. The summed E-state index contributed by atoms with van der Waals surface area (Å²) < 4.78 is 24.4. The molecule has 280 valence electrons. The van der Waals surface area contributed by atoms with Gasteiger partial charge >= 0.3 is 17.9 Å². The Morgan fingerprint density at radius 1 is 0.549 bits per heavy atom. The largest absolute Gasteiger partial charge is 0.491 e. The van der Waals surface area contributed by atoms with Crippen LogP contribution in [0.25, 0.3) is 0 Å². The minimum atomic E-state index is -1.22. The molecule has 3 unspecified atom stereocenters. The Morgan fingerprint density at radius 2 is 0.863 bits per heavy atom. The van der Waals surface area contributed by atoms with Gasteiger partial charge in [-0.25, -0.2) is 14.4 Å². The number of hydrogen-bond acceptors (Lipinski definition) is 11. The van der Waals surface area contributed by atoms with Crippen LogP contribution in [-0.2, 0) is 28.6 Å². The molecule has 0 spiro atoms. The van der Waals surface area contributed by atoms with E-state index in [-0.39, 0.29) is 26.4 Å². The van der Waals surface area contributed by atoms with Gasteiger partial charge in [-0.15, -0.1) is 0 Å². The van der Waals surface area contributed by atoms with Crippen LogP contribution < -0.4 is 9.47 Å². The lowest BCUT2D eigenvalue weighted by atomic mass is 10.2. The summed E-state index contributed by atoms with van der Waals surface area (Å²) in [6.45, 7) is 18.2. The van der Waals surface area contributed by atoms with Gasteiger partial charge in [0.1, 0.15) is 50.1 Å². The third-order valence-electron chi connectivity index (χ3n) is 5.02. The van der Waals surface area contributed by atoms with Crippen LogP contribution in [0, 0.1) is 0 Å². The second kappa shape index (κ2) is 33.3. The van der Waals surface area contributed by atoms with Crippen LogP contribution in [0.15, 0.2) is 129 Å². The van der Waals surface area contributed by atoms with Gasteiger partial charge in [0.25, 0.3) is 0 Å². The maximum absolute atomic E-state index is 10.7. The molecule has 0 aliphatic heterocycles. The minimum Gasteiger partial charge on any atom is -0.491 e. The average Bonchev–Trinajstić information content (AvgIpc) is 3.16. The van der Waals surface area contributed by atoms with E-state index in [1.807, 2.05) is 42.5 Å². The molecule has 0 aromatic heterocycles. The summed E-state index contributed by atoms with van der Waals surface area (Å²) in [6.07, 6.45) is 2.70. The molecule has 3 atom stereocenters. The molecule has 3 aromatic carbocycles. The van der Waals surface area contributed by atoms with Crippen molar-refractivity contribution in [2.24, 2.45) is 0 Å². The van der Waals surface area contributed by atoms with Crippen LogP contribution in [0.3, 0.4) is 0 Å². The Balaban J connectivity index is 0. The summed E-state index contributed by atoms with van der Waals surface area (Å²) in [5.74, 6) is -0.429. The van der Waals surface area contributed by atoms with Crippen molar-refractivity contribution in [3.8, 4) is 11.5 Å². The van der Waals surface area contributed by atoms with Crippen LogP contribution in [0.2, 0.25) is 0 Å². The first-order valence-electron chi connectivity index (χ1n) is 16.4. The molecule has 0 saturated carbocycles. The number of aliphatic hydroxyl groups excluding tert-OH is 3. The molecule has 0 radical (unpaired) electrons. The highest BCUT2D eigenvalue weighted by Gasteiger charge is 2.10. The molecule has 0 bridgehead atoms. The van der Waals surface area contributed by atoms with Crippen LogP contribution in [0.5, 0.6) is 11.5 Å². The minimum absolute atomic E-state index is 0.0778. The highest BCUT2D eigenvalue weighted by atomic mass is 16.6. The Morgan fingerprint density at radius 3 is 1.18 bits per heavy atom. The number of carbonyl (C=O) groups excluding carboxylic acids is 3. The van der Waals surface area contributed by atoms with Gasteiger partial charge in [0.05, 0.1) is 0 Å². The molecule has 3 rings (SSSR count). The van der Waals surface area contributed by atoms with Crippen LogP contribution in [0.1, 0.15) is 52.4 Å². The fourth-order valence-electron chi connectivity index (χ4n) is 2.83. The van der Waals surface area contributed by atoms with Crippen LogP contribution in [0.4, 0.5) is 0 Å². The lowest BCUT2D eigenvalue weighted by Crippen LogP contribution is -2.24. The summed E-state index contributed by atoms with van der Waals surface area (Å²) in [7, 11) is 0. The van der Waals surface area contributed by atoms with Crippen molar-refractivity contribution in [1.29, 1.82) is 0 Å². The second-order valence-corrected chi connectivity index (χ2v) is 10.0. The smallest absolute Gasteiger partial charge is 0.332 e. The van der Waals surface area contributed by atoms with Crippen molar-refractivity contribution >= 4 is 17.9 Å². The lowest BCUT2D eigenvalue weighted by Gasteiger charge is -2.11. The fraction of sp³-hybridized carbons (Fsp3) is 0.325. The lowest BCUT2D eigenvalue weighted by molar-refractivity contribution is -0.162. The zero-order chi connectivity index (χ0) is 38.7. The maximum atomic E-state index is 10.7. The number of hydrogen-bond donors (Lipinski definition) is 3. The van der Waals surface area contributed by atoms with E-state index >= 15 is 0 Å². The number of rotatable bonds is 15. The summed E-state index contributed by atoms with van der Waals surface area (Å²) in [5, 5.41) is 28.2. The fourth-order valence-corrected chi connectivity index (χ4v) is 2.83.